The second-order valence-corrected chi connectivity index (χ2v) is 5.50. The Morgan fingerprint density at radius 3 is 2.57 bits per heavy atom. The fourth-order valence-corrected chi connectivity index (χ4v) is 2.15. The lowest BCUT2D eigenvalue weighted by Gasteiger charge is -2.15. The number of nitrogens with two attached hydrogens (primary N) is 1. The molecule has 0 bridgehead atoms. The van der Waals surface area contributed by atoms with E-state index in [0.717, 1.165) is 35.5 Å². The van der Waals surface area contributed by atoms with Gasteiger partial charge in [0.25, 0.3) is 0 Å². The summed E-state index contributed by atoms with van der Waals surface area (Å²) in [7, 11) is 0. The van der Waals surface area contributed by atoms with Crippen LogP contribution in [0.2, 0.25) is 0 Å². The minimum absolute atomic E-state index is 0.385. The lowest BCUT2D eigenvalue weighted by atomic mass is 10.0. The number of rotatable bonds is 5. The van der Waals surface area contributed by atoms with E-state index in [1.54, 1.807) is 0 Å². The van der Waals surface area contributed by atoms with E-state index in [9.17, 15) is 0 Å². The Morgan fingerprint density at radius 2 is 1.90 bits per heavy atom. The number of anilines is 1. The van der Waals surface area contributed by atoms with Crippen molar-refractivity contribution in [3.05, 3.63) is 41.2 Å². The van der Waals surface area contributed by atoms with Crippen molar-refractivity contribution in [2.24, 2.45) is 0 Å². The predicted octanol–water partition coefficient (Wildman–Crippen LogP) is 4.24. The Kier molecular flexibility index (Phi) is 4.78. The first-order valence-corrected chi connectivity index (χ1v) is 7.42. The van der Waals surface area contributed by atoms with Gasteiger partial charge in [-0.1, -0.05) is 39.0 Å². The molecular weight excluding hydrogens is 262 g/mol. The van der Waals surface area contributed by atoms with Gasteiger partial charge >= 0.3 is 0 Å². The van der Waals surface area contributed by atoms with E-state index >= 15 is 0 Å². The highest BCUT2D eigenvalue weighted by molar-refractivity contribution is 5.47. The Balaban J connectivity index is 2.39. The van der Waals surface area contributed by atoms with E-state index in [-0.39, 0.29) is 0 Å². The Morgan fingerprint density at radius 1 is 1.19 bits per heavy atom. The molecule has 0 atom stereocenters. The van der Waals surface area contributed by atoms with E-state index in [1.807, 2.05) is 25.1 Å². The number of hydrogen-bond donors (Lipinski definition) is 1. The first kappa shape index (κ1) is 15.3. The third-order valence-corrected chi connectivity index (χ3v) is 3.41. The maximum atomic E-state index is 6.04. The molecule has 0 saturated carbocycles. The molecule has 2 N–H and O–H groups in total. The predicted molar refractivity (Wildman–Crippen MR) is 85.8 cm³/mol. The van der Waals surface area contributed by atoms with E-state index in [1.165, 1.54) is 0 Å². The average molecular weight is 285 g/mol. The molecule has 4 heteroatoms. The second kappa shape index (κ2) is 6.57. The normalized spacial score (nSPS) is 10.9. The van der Waals surface area contributed by atoms with Gasteiger partial charge in [-0.3, -0.25) is 0 Å². The number of aromatic nitrogens is 2. The topological polar surface area (TPSA) is 61.0 Å². The van der Waals surface area contributed by atoms with Gasteiger partial charge in [-0.15, -0.1) is 0 Å². The number of hydrogen-bond acceptors (Lipinski definition) is 4. The molecule has 2 rings (SSSR count). The van der Waals surface area contributed by atoms with Crippen LogP contribution >= 0.6 is 0 Å². The summed E-state index contributed by atoms with van der Waals surface area (Å²) in [6.07, 6.45) is 1.77. The Hall–Kier alpha value is -2.10. The lowest BCUT2D eigenvalue weighted by molar-refractivity contribution is 0.446. The van der Waals surface area contributed by atoms with Crippen molar-refractivity contribution in [1.29, 1.82) is 0 Å². The number of aryl methyl sites for hydroxylation is 1. The molecule has 0 unspecified atom stereocenters. The van der Waals surface area contributed by atoms with Gasteiger partial charge in [0, 0.05) is 6.42 Å². The summed E-state index contributed by atoms with van der Waals surface area (Å²) in [6.45, 7) is 8.27. The summed E-state index contributed by atoms with van der Waals surface area (Å²) in [5, 5.41) is 0. The van der Waals surface area contributed by atoms with Crippen molar-refractivity contribution in [3.63, 3.8) is 0 Å². The molecule has 4 nitrogen and oxygen atoms in total. The molecular formula is C17H23N3O. The lowest BCUT2D eigenvalue weighted by Crippen LogP contribution is -2.05. The van der Waals surface area contributed by atoms with Crippen LogP contribution in [0.5, 0.6) is 11.6 Å². The maximum Gasteiger partial charge on any atom is 0.227 e. The number of nitrogens with zero attached hydrogens (tertiary/aromatic N) is 2. The fraction of sp³-hybridized carbons (Fsp3) is 0.412. The molecule has 0 amide bonds. The van der Waals surface area contributed by atoms with Gasteiger partial charge in [0.15, 0.2) is 0 Å². The van der Waals surface area contributed by atoms with Crippen LogP contribution in [0.25, 0.3) is 0 Å². The van der Waals surface area contributed by atoms with Crippen molar-refractivity contribution in [2.75, 3.05) is 5.73 Å². The SMILES string of the molecule is CCCc1nc(N)c(C)c(Oc2ccccc2C(C)C)n1. The quantitative estimate of drug-likeness (QED) is 0.892. The third-order valence-electron chi connectivity index (χ3n) is 3.41. The van der Waals surface area contributed by atoms with Crippen LogP contribution in [0.4, 0.5) is 5.82 Å². The number of para-hydroxylation sites is 1. The molecule has 21 heavy (non-hydrogen) atoms. The highest BCUT2D eigenvalue weighted by atomic mass is 16.5. The zero-order valence-electron chi connectivity index (χ0n) is 13.2. The van der Waals surface area contributed by atoms with Gasteiger partial charge < -0.3 is 10.5 Å². The first-order valence-electron chi connectivity index (χ1n) is 7.42. The summed E-state index contributed by atoms with van der Waals surface area (Å²) < 4.78 is 6.04. The average Bonchev–Trinajstić information content (AvgIpc) is 2.45. The standard InChI is InChI=1S/C17H23N3O/c1-5-8-15-19-16(18)12(4)17(20-15)21-14-10-7-6-9-13(14)11(2)3/h6-7,9-11H,5,8H2,1-4H3,(H2,18,19,20). The monoisotopic (exact) mass is 285 g/mol. The molecule has 0 aliphatic carbocycles. The molecule has 0 spiro atoms. The van der Waals surface area contributed by atoms with Crippen LogP contribution < -0.4 is 10.5 Å². The van der Waals surface area contributed by atoms with Crippen molar-refractivity contribution in [3.8, 4) is 11.6 Å². The summed E-state index contributed by atoms with van der Waals surface area (Å²) in [5.41, 5.74) is 7.92. The van der Waals surface area contributed by atoms with Crippen LogP contribution in [0.15, 0.2) is 24.3 Å². The molecule has 0 aliphatic heterocycles. The van der Waals surface area contributed by atoms with E-state index < -0.39 is 0 Å². The van der Waals surface area contributed by atoms with E-state index in [4.69, 9.17) is 10.5 Å². The van der Waals surface area contributed by atoms with Crippen molar-refractivity contribution in [1.82, 2.24) is 9.97 Å². The smallest absolute Gasteiger partial charge is 0.227 e. The molecule has 1 aromatic carbocycles. The summed E-state index contributed by atoms with van der Waals surface area (Å²) in [6, 6.07) is 8.03. The summed E-state index contributed by atoms with van der Waals surface area (Å²) >= 11 is 0. The van der Waals surface area contributed by atoms with Crippen LogP contribution in [0.1, 0.15) is 50.1 Å². The Labute approximate surface area is 126 Å². The van der Waals surface area contributed by atoms with Crippen molar-refractivity contribution < 1.29 is 4.74 Å². The largest absolute Gasteiger partial charge is 0.438 e. The molecule has 2 aromatic rings. The molecule has 0 saturated heterocycles. The molecule has 0 radical (unpaired) electrons. The van der Waals surface area contributed by atoms with Gasteiger partial charge in [-0.05, 0) is 30.9 Å². The van der Waals surface area contributed by atoms with E-state index in [0.29, 0.717) is 17.6 Å². The van der Waals surface area contributed by atoms with Gasteiger partial charge in [0.2, 0.25) is 5.88 Å². The van der Waals surface area contributed by atoms with Gasteiger partial charge in [-0.25, -0.2) is 4.98 Å². The first-order chi connectivity index (χ1) is 10.0. The van der Waals surface area contributed by atoms with Gasteiger partial charge in [-0.2, -0.15) is 4.98 Å². The number of ether oxygens (including phenoxy) is 1. The minimum atomic E-state index is 0.385. The highest BCUT2D eigenvalue weighted by Gasteiger charge is 2.13. The number of benzene rings is 1. The molecule has 0 aliphatic rings. The van der Waals surface area contributed by atoms with Crippen LogP contribution in [0.3, 0.4) is 0 Å². The van der Waals surface area contributed by atoms with Gasteiger partial charge in [0.05, 0.1) is 5.56 Å². The highest BCUT2D eigenvalue weighted by Crippen LogP contribution is 2.32. The zero-order valence-corrected chi connectivity index (χ0v) is 13.2. The molecule has 0 fully saturated rings. The van der Waals surface area contributed by atoms with Crippen molar-refractivity contribution >= 4 is 5.82 Å². The van der Waals surface area contributed by atoms with Crippen LogP contribution in [0, 0.1) is 6.92 Å². The fourth-order valence-electron chi connectivity index (χ4n) is 2.15. The second-order valence-electron chi connectivity index (χ2n) is 5.50. The minimum Gasteiger partial charge on any atom is -0.438 e. The van der Waals surface area contributed by atoms with E-state index in [2.05, 4.69) is 36.8 Å². The number of nitrogen functional groups attached to an aromatic ring is 1. The van der Waals surface area contributed by atoms with Crippen LogP contribution in [-0.2, 0) is 6.42 Å². The van der Waals surface area contributed by atoms with Crippen molar-refractivity contribution in [2.45, 2.75) is 46.5 Å². The molecule has 112 valence electrons. The maximum absolute atomic E-state index is 6.04. The zero-order chi connectivity index (χ0) is 15.4. The molecule has 1 aromatic heterocycles. The van der Waals surface area contributed by atoms with Gasteiger partial charge in [0.1, 0.15) is 17.4 Å². The summed E-state index contributed by atoms with van der Waals surface area (Å²) in [5.74, 6) is 2.99. The van der Waals surface area contributed by atoms with Crippen LogP contribution in [-0.4, -0.2) is 9.97 Å². The third kappa shape index (κ3) is 3.51. The Bertz CT molecular complexity index is 623. The summed E-state index contributed by atoms with van der Waals surface area (Å²) in [4.78, 5) is 8.81. The molecule has 1 heterocycles.